The van der Waals surface area contributed by atoms with Crippen molar-refractivity contribution in [1.82, 2.24) is 15.6 Å². The van der Waals surface area contributed by atoms with Gasteiger partial charge in [0, 0.05) is 30.8 Å². The number of methoxy groups -OCH3 is 1. The lowest BCUT2D eigenvalue weighted by Gasteiger charge is -2.22. The fraction of sp³-hybridized carbons (Fsp3) is 0.250. The van der Waals surface area contributed by atoms with Crippen molar-refractivity contribution in [3.63, 3.8) is 0 Å². The van der Waals surface area contributed by atoms with Crippen molar-refractivity contribution in [2.45, 2.75) is 31.8 Å². The summed E-state index contributed by atoms with van der Waals surface area (Å²) in [5, 5.41) is 6.20. The molecule has 1 aromatic heterocycles. The number of fused-ring (bicyclic) bond motifs is 1. The molecule has 2 aromatic carbocycles. The van der Waals surface area contributed by atoms with E-state index in [0.29, 0.717) is 11.3 Å². The van der Waals surface area contributed by atoms with E-state index in [9.17, 15) is 18.8 Å². The van der Waals surface area contributed by atoms with Gasteiger partial charge in [0.05, 0.1) is 12.6 Å². The number of benzene rings is 2. The van der Waals surface area contributed by atoms with Crippen LogP contribution in [0.5, 0.6) is 0 Å². The van der Waals surface area contributed by atoms with Gasteiger partial charge in [0.2, 0.25) is 11.8 Å². The molecule has 0 aliphatic rings. The number of para-hydroxylation sites is 1. The molecule has 0 aliphatic carbocycles. The van der Waals surface area contributed by atoms with Crippen LogP contribution in [0.1, 0.15) is 18.2 Å². The van der Waals surface area contributed by atoms with Crippen molar-refractivity contribution >= 4 is 28.7 Å². The van der Waals surface area contributed by atoms with Crippen molar-refractivity contribution < 1.29 is 23.5 Å². The molecule has 0 aliphatic heterocycles. The number of nitrogens with one attached hydrogen (secondary N) is 2. The minimum absolute atomic E-state index is 0.118. The van der Waals surface area contributed by atoms with Gasteiger partial charge < -0.3 is 15.4 Å². The first-order chi connectivity index (χ1) is 15.4. The number of amides is 2. The second kappa shape index (κ2) is 10.5. The van der Waals surface area contributed by atoms with E-state index >= 15 is 0 Å². The number of hydrogen-bond donors (Lipinski definition) is 2. The van der Waals surface area contributed by atoms with Crippen molar-refractivity contribution in [3.05, 3.63) is 77.7 Å². The molecule has 0 spiro atoms. The molecule has 2 amide bonds. The molecule has 32 heavy (non-hydrogen) atoms. The van der Waals surface area contributed by atoms with Crippen LogP contribution in [0.15, 0.2) is 60.7 Å². The summed E-state index contributed by atoms with van der Waals surface area (Å²) in [6.07, 6.45) is 0.250. The van der Waals surface area contributed by atoms with E-state index in [1.54, 1.807) is 6.07 Å². The number of carbonyl (C=O) groups excluding carboxylic acids is 3. The quantitative estimate of drug-likeness (QED) is 0.527. The molecule has 1 heterocycles. The molecule has 0 fully saturated rings. The Morgan fingerprint density at radius 2 is 1.66 bits per heavy atom. The molecule has 8 heteroatoms. The van der Waals surface area contributed by atoms with Gasteiger partial charge in [0.25, 0.3) is 0 Å². The third kappa shape index (κ3) is 6.10. The van der Waals surface area contributed by atoms with Crippen LogP contribution in [0.2, 0.25) is 0 Å². The summed E-state index contributed by atoms with van der Waals surface area (Å²) >= 11 is 0. The SMILES string of the molecule is COC(=O)[C@H](Cc1ccc2ccccc2n1)NC(=O)[C@@H](Cc1ccc(F)cc1)NC(C)=O. The molecule has 2 N–H and O–H groups in total. The van der Waals surface area contributed by atoms with Gasteiger partial charge in [0.1, 0.15) is 17.9 Å². The summed E-state index contributed by atoms with van der Waals surface area (Å²) in [5.41, 5.74) is 2.03. The van der Waals surface area contributed by atoms with Crippen LogP contribution in [-0.2, 0) is 32.0 Å². The zero-order valence-corrected chi connectivity index (χ0v) is 17.8. The number of carbonyl (C=O) groups is 3. The molecule has 0 radical (unpaired) electrons. The van der Waals surface area contributed by atoms with Crippen LogP contribution >= 0.6 is 0 Å². The molecule has 166 valence electrons. The monoisotopic (exact) mass is 437 g/mol. The minimum atomic E-state index is -0.995. The van der Waals surface area contributed by atoms with E-state index in [-0.39, 0.29) is 12.8 Å². The predicted octanol–water partition coefficient (Wildman–Crippen LogP) is 2.32. The highest BCUT2D eigenvalue weighted by molar-refractivity contribution is 5.90. The lowest BCUT2D eigenvalue weighted by Crippen LogP contribution is -2.53. The van der Waals surface area contributed by atoms with Crippen LogP contribution in [0, 0.1) is 5.82 Å². The van der Waals surface area contributed by atoms with Crippen LogP contribution in [0.4, 0.5) is 4.39 Å². The third-order valence-corrected chi connectivity index (χ3v) is 4.92. The second-order valence-corrected chi connectivity index (χ2v) is 7.37. The predicted molar refractivity (Wildman–Crippen MR) is 117 cm³/mol. The molecular formula is C24H24FN3O4. The summed E-state index contributed by atoms with van der Waals surface area (Å²) in [6.45, 7) is 1.29. The Morgan fingerprint density at radius 3 is 2.34 bits per heavy atom. The van der Waals surface area contributed by atoms with Crippen molar-refractivity contribution in [2.75, 3.05) is 7.11 Å². The van der Waals surface area contributed by atoms with Gasteiger partial charge in [-0.15, -0.1) is 0 Å². The smallest absolute Gasteiger partial charge is 0.328 e. The Labute approximate surface area is 185 Å². The van der Waals surface area contributed by atoms with Crippen LogP contribution in [0.25, 0.3) is 10.9 Å². The molecule has 0 saturated heterocycles. The van der Waals surface area contributed by atoms with E-state index < -0.39 is 35.7 Å². The van der Waals surface area contributed by atoms with Gasteiger partial charge in [0.15, 0.2) is 0 Å². The van der Waals surface area contributed by atoms with Crippen molar-refractivity contribution in [2.24, 2.45) is 0 Å². The second-order valence-electron chi connectivity index (χ2n) is 7.37. The number of esters is 1. The molecule has 3 aromatic rings. The summed E-state index contributed by atoms with van der Waals surface area (Å²) in [7, 11) is 1.24. The Kier molecular flexibility index (Phi) is 7.49. The van der Waals surface area contributed by atoms with Gasteiger partial charge in [-0.2, -0.15) is 0 Å². The first-order valence-corrected chi connectivity index (χ1v) is 10.1. The maximum Gasteiger partial charge on any atom is 0.328 e. The summed E-state index contributed by atoms with van der Waals surface area (Å²) in [4.78, 5) is 41.5. The number of hydrogen-bond acceptors (Lipinski definition) is 5. The largest absolute Gasteiger partial charge is 0.467 e. The zero-order valence-electron chi connectivity index (χ0n) is 17.8. The molecule has 0 saturated carbocycles. The first kappa shape index (κ1) is 22.9. The van der Waals surface area contributed by atoms with Crippen molar-refractivity contribution in [3.8, 4) is 0 Å². The maximum atomic E-state index is 13.2. The maximum absolute atomic E-state index is 13.2. The molecule has 3 rings (SSSR count). The zero-order chi connectivity index (χ0) is 23.1. The summed E-state index contributed by atoms with van der Waals surface area (Å²) < 4.78 is 18.0. The Morgan fingerprint density at radius 1 is 0.938 bits per heavy atom. The Balaban J connectivity index is 1.77. The molecule has 2 atom stereocenters. The number of pyridine rings is 1. The van der Waals surface area contributed by atoms with Crippen molar-refractivity contribution in [1.29, 1.82) is 0 Å². The van der Waals surface area contributed by atoms with E-state index in [2.05, 4.69) is 15.6 Å². The van der Waals surface area contributed by atoms with Crippen LogP contribution < -0.4 is 10.6 Å². The van der Waals surface area contributed by atoms with Gasteiger partial charge in [-0.25, -0.2) is 9.18 Å². The number of rotatable bonds is 8. The van der Waals surface area contributed by atoms with E-state index in [1.807, 2.05) is 30.3 Å². The lowest BCUT2D eigenvalue weighted by molar-refractivity contribution is -0.145. The molecule has 0 bridgehead atoms. The third-order valence-electron chi connectivity index (χ3n) is 4.92. The van der Waals surface area contributed by atoms with Gasteiger partial charge in [-0.1, -0.05) is 36.4 Å². The average molecular weight is 437 g/mol. The highest BCUT2D eigenvalue weighted by Crippen LogP contribution is 2.13. The minimum Gasteiger partial charge on any atom is -0.467 e. The Bertz CT molecular complexity index is 1120. The fourth-order valence-electron chi connectivity index (χ4n) is 3.35. The number of nitrogens with zero attached hydrogens (tertiary/aromatic N) is 1. The van der Waals surface area contributed by atoms with E-state index in [1.165, 1.54) is 38.3 Å². The number of ether oxygens (including phenoxy) is 1. The highest BCUT2D eigenvalue weighted by atomic mass is 19.1. The molecule has 0 unspecified atom stereocenters. The highest BCUT2D eigenvalue weighted by Gasteiger charge is 2.27. The lowest BCUT2D eigenvalue weighted by atomic mass is 10.0. The Hall–Kier alpha value is -3.81. The van der Waals surface area contributed by atoms with Gasteiger partial charge in [-0.3, -0.25) is 14.6 Å². The van der Waals surface area contributed by atoms with E-state index in [0.717, 1.165) is 10.9 Å². The summed E-state index contributed by atoms with van der Waals surface area (Å²) in [6, 6.07) is 14.9. The molecule has 7 nitrogen and oxygen atoms in total. The molecular weight excluding hydrogens is 413 g/mol. The van der Waals surface area contributed by atoms with Gasteiger partial charge >= 0.3 is 5.97 Å². The number of halogens is 1. The van der Waals surface area contributed by atoms with E-state index in [4.69, 9.17) is 4.74 Å². The average Bonchev–Trinajstić information content (AvgIpc) is 2.78. The topological polar surface area (TPSA) is 97.4 Å². The number of aromatic nitrogens is 1. The van der Waals surface area contributed by atoms with Gasteiger partial charge in [-0.05, 0) is 29.8 Å². The van der Waals surface area contributed by atoms with Crippen LogP contribution in [-0.4, -0.2) is 42.0 Å². The summed E-state index contributed by atoms with van der Waals surface area (Å²) in [5.74, 6) is -1.99. The van der Waals surface area contributed by atoms with Crippen LogP contribution in [0.3, 0.4) is 0 Å². The standard InChI is InChI=1S/C24H24FN3O4/c1-15(29)26-21(13-16-7-10-18(25)11-8-16)23(30)28-22(24(31)32-2)14-19-12-9-17-5-3-4-6-20(17)27-19/h3-12,21-22H,13-14H2,1-2H3,(H,26,29)(H,28,30)/t21-,22+/m1/s1. The first-order valence-electron chi connectivity index (χ1n) is 10.1. The normalized spacial score (nSPS) is 12.6. The fourth-order valence-corrected chi connectivity index (χ4v) is 3.35.